The molecule has 0 saturated heterocycles. The summed E-state index contributed by atoms with van der Waals surface area (Å²) in [5, 5.41) is 12.0. The lowest BCUT2D eigenvalue weighted by Gasteiger charge is -2.25. The Balaban J connectivity index is 4.18. The third-order valence-electron chi connectivity index (χ3n) is 2.38. The second-order valence-electron chi connectivity index (χ2n) is 4.26. The first kappa shape index (κ1) is 12.4. The normalized spacial score (nSPS) is 16.2. The highest BCUT2D eigenvalue weighted by Crippen LogP contribution is 2.07. The molecule has 78 valence electrons. The zero-order valence-corrected chi connectivity index (χ0v) is 9.16. The Morgan fingerprint density at radius 1 is 1.08 bits per heavy atom. The first-order valence-electron chi connectivity index (χ1n) is 4.85. The van der Waals surface area contributed by atoms with Gasteiger partial charge in [0.2, 0.25) is 0 Å². The van der Waals surface area contributed by atoms with Crippen LogP contribution in [0.3, 0.4) is 0 Å². The first-order chi connectivity index (χ1) is 5.86. The summed E-state index contributed by atoms with van der Waals surface area (Å²) in [5.74, 6) is -0.179. The van der Waals surface area contributed by atoms with Crippen LogP contribution in [0.2, 0.25) is 0 Å². The van der Waals surface area contributed by atoms with Crippen molar-refractivity contribution in [1.82, 2.24) is 5.32 Å². The van der Waals surface area contributed by atoms with E-state index >= 15 is 0 Å². The highest BCUT2D eigenvalue weighted by Gasteiger charge is 2.23. The van der Waals surface area contributed by atoms with Gasteiger partial charge in [0.1, 0.15) is 6.04 Å². The van der Waals surface area contributed by atoms with Gasteiger partial charge < -0.3 is 10.4 Å². The third-order valence-corrected chi connectivity index (χ3v) is 2.38. The number of carbonyl (C=O) groups is 1. The first-order valence-corrected chi connectivity index (χ1v) is 4.85. The summed E-state index contributed by atoms with van der Waals surface area (Å²) >= 11 is 0. The van der Waals surface area contributed by atoms with Gasteiger partial charge in [0.15, 0.2) is 0 Å². The summed E-state index contributed by atoms with van der Waals surface area (Å²) in [6.07, 6.45) is 0. The van der Waals surface area contributed by atoms with Gasteiger partial charge in [-0.05, 0) is 18.8 Å². The van der Waals surface area contributed by atoms with E-state index in [1.807, 2.05) is 20.8 Å². The molecule has 2 unspecified atom stereocenters. The van der Waals surface area contributed by atoms with Crippen molar-refractivity contribution < 1.29 is 9.90 Å². The monoisotopic (exact) mass is 187 g/mol. The van der Waals surface area contributed by atoms with Gasteiger partial charge in [0, 0.05) is 6.04 Å². The van der Waals surface area contributed by atoms with Gasteiger partial charge in [-0.2, -0.15) is 0 Å². The molecule has 0 saturated carbocycles. The number of nitrogens with one attached hydrogen (secondary N) is 1. The van der Waals surface area contributed by atoms with Crippen molar-refractivity contribution in [2.24, 2.45) is 11.8 Å². The number of hydrogen-bond acceptors (Lipinski definition) is 2. The fraction of sp³-hybridized carbons (Fsp3) is 0.900. The van der Waals surface area contributed by atoms with Gasteiger partial charge in [-0.25, -0.2) is 0 Å². The molecule has 3 nitrogen and oxygen atoms in total. The van der Waals surface area contributed by atoms with Crippen LogP contribution in [0.5, 0.6) is 0 Å². The van der Waals surface area contributed by atoms with E-state index in [1.54, 1.807) is 0 Å². The number of carboxylic acid groups (broad SMARTS) is 1. The minimum Gasteiger partial charge on any atom is -0.480 e. The summed E-state index contributed by atoms with van der Waals surface area (Å²) in [6, 6.07) is -0.194. The van der Waals surface area contributed by atoms with E-state index in [0.29, 0.717) is 5.92 Å². The second-order valence-corrected chi connectivity index (χ2v) is 4.26. The van der Waals surface area contributed by atoms with Crippen molar-refractivity contribution in [2.75, 3.05) is 0 Å². The van der Waals surface area contributed by atoms with Gasteiger partial charge >= 0.3 is 5.97 Å². The molecule has 2 N–H and O–H groups in total. The lowest BCUT2D eigenvalue weighted by molar-refractivity contribution is -0.141. The maximum atomic E-state index is 10.8. The molecule has 0 rings (SSSR count). The fourth-order valence-corrected chi connectivity index (χ4v) is 1.02. The minimum atomic E-state index is -0.762. The summed E-state index contributed by atoms with van der Waals surface area (Å²) in [7, 11) is 0. The Hall–Kier alpha value is -0.570. The smallest absolute Gasteiger partial charge is 0.320 e. The maximum absolute atomic E-state index is 10.8. The molecule has 0 bridgehead atoms. The summed E-state index contributed by atoms with van der Waals surface area (Å²) in [4.78, 5) is 10.8. The van der Waals surface area contributed by atoms with Crippen molar-refractivity contribution in [3.8, 4) is 0 Å². The van der Waals surface area contributed by atoms with Crippen LogP contribution in [-0.4, -0.2) is 23.2 Å². The quantitative estimate of drug-likeness (QED) is 0.689. The maximum Gasteiger partial charge on any atom is 0.320 e. The van der Waals surface area contributed by atoms with Gasteiger partial charge in [0.25, 0.3) is 0 Å². The Morgan fingerprint density at radius 3 is 1.77 bits per heavy atom. The van der Waals surface area contributed by atoms with Crippen LogP contribution < -0.4 is 5.32 Å². The molecule has 0 aromatic rings. The van der Waals surface area contributed by atoms with Crippen molar-refractivity contribution in [3.05, 3.63) is 0 Å². The highest BCUT2D eigenvalue weighted by atomic mass is 16.4. The summed E-state index contributed by atoms with van der Waals surface area (Å²) in [5.41, 5.74) is 0. The molecule has 0 radical (unpaired) electrons. The minimum absolute atomic E-state index is 0.124. The van der Waals surface area contributed by atoms with Crippen molar-refractivity contribution in [1.29, 1.82) is 0 Å². The summed E-state index contributed by atoms with van der Waals surface area (Å²) in [6.45, 7) is 10.0. The van der Waals surface area contributed by atoms with E-state index < -0.39 is 12.0 Å². The van der Waals surface area contributed by atoms with Crippen LogP contribution in [0.15, 0.2) is 0 Å². The third kappa shape index (κ3) is 4.27. The van der Waals surface area contributed by atoms with Gasteiger partial charge in [0.05, 0.1) is 0 Å². The molecule has 0 aromatic heterocycles. The van der Waals surface area contributed by atoms with E-state index in [4.69, 9.17) is 5.11 Å². The molecule has 0 aromatic carbocycles. The van der Waals surface area contributed by atoms with Gasteiger partial charge in [-0.15, -0.1) is 0 Å². The standard InChI is InChI=1S/C10H21NO2/c1-6(2)8(5)11-9(7(3)4)10(12)13/h6-9,11H,1-5H3,(H,12,13). The molecule has 0 heterocycles. The number of hydrogen-bond donors (Lipinski definition) is 2. The van der Waals surface area contributed by atoms with Gasteiger partial charge in [-0.1, -0.05) is 27.7 Å². The molecule has 2 atom stereocenters. The Morgan fingerprint density at radius 2 is 1.54 bits per heavy atom. The van der Waals surface area contributed by atoms with E-state index in [2.05, 4.69) is 19.2 Å². The van der Waals surface area contributed by atoms with Crippen LogP contribution in [0.1, 0.15) is 34.6 Å². The van der Waals surface area contributed by atoms with Gasteiger partial charge in [-0.3, -0.25) is 4.79 Å². The van der Waals surface area contributed by atoms with Crippen LogP contribution in [0.4, 0.5) is 0 Å². The average molecular weight is 187 g/mol. The van der Waals surface area contributed by atoms with Crippen molar-refractivity contribution in [2.45, 2.75) is 46.7 Å². The van der Waals surface area contributed by atoms with Crippen molar-refractivity contribution >= 4 is 5.97 Å². The van der Waals surface area contributed by atoms with Crippen LogP contribution in [-0.2, 0) is 4.79 Å². The van der Waals surface area contributed by atoms with E-state index in [-0.39, 0.29) is 12.0 Å². The van der Waals surface area contributed by atoms with Crippen LogP contribution >= 0.6 is 0 Å². The predicted molar refractivity (Wildman–Crippen MR) is 53.7 cm³/mol. The molecular formula is C10H21NO2. The SMILES string of the molecule is CC(C)C(C)NC(C(=O)O)C(C)C. The van der Waals surface area contributed by atoms with Crippen LogP contribution in [0, 0.1) is 11.8 Å². The fourth-order valence-electron chi connectivity index (χ4n) is 1.02. The molecular weight excluding hydrogens is 166 g/mol. The lowest BCUT2D eigenvalue weighted by Crippen LogP contribution is -2.47. The number of rotatable bonds is 5. The van der Waals surface area contributed by atoms with E-state index in [9.17, 15) is 4.79 Å². The van der Waals surface area contributed by atoms with E-state index in [1.165, 1.54) is 0 Å². The number of carboxylic acids is 1. The number of aliphatic carboxylic acids is 1. The molecule has 0 aliphatic carbocycles. The van der Waals surface area contributed by atoms with E-state index in [0.717, 1.165) is 0 Å². The predicted octanol–water partition coefficient (Wildman–Crippen LogP) is 1.73. The zero-order chi connectivity index (χ0) is 10.6. The molecule has 0 amide bonds. The highest BCUT2D eigenvalue weighted by molar-refractivity contribution is 5.73. The lowest BCUT2D eigenvalue weighted by atomic mass is 10.00. The molecule has 0 fully saturated rings. The molecule has 13 heavy (non-hydrogen) atoms. The molecule has 0 aliphatic rings. The Kier molecular flexibility index (Phi) is 4.99. The Bertz CT molecular complexity index is 166. The second kappa shape index (κ2) is 5.22. The molecule has 0 aliphatic heterocycles. The van der Waals surface area contributed by atoms with Crippen LogP contribution in [0.25, 0.3) is 0 Å². The molecule has 3 heteroatoms. The molecule has 0 spiro atoms. The average Bonchev–Trinajstić information content (AvgIpc) is 1.97. The van der Waals surface area contributed by atoms with Crippen molar-refractivity contribution in [3.63, 3.8) is 0 Å². The Labute approximate surface area is 80.5 Å². The zero-order valence-electron chi connectivity index (χ0n) is 9.16. The largest absolute Gasteiger partial charge is 0.480 e. The topological polar surface area (TPSA) is 49.3 Å². The summed E-state index contributed by atoms with van der Waals surface area (Å²) < 4.78 is 0.